The molecule has 110 valence electrons. The molecule has 1 aliphatic rings. The summed E-state index contributed by atoms with van der Waals surface area (Å²) < 4.78 is 19.3. The van der Waals surface area contributed by atoms with E-state index in [2.05, 4.69) is 10.5 Å². The number of nitrogens with one attached hydrogen (secondary N) is 1. The number of halogens is 1. The molecule has 0 atom stereocenters. The van der Waals surface area contributed by atoms with E-state index in [1.165, 1.54) is 11.0 Å². The van der Waals surface area contributed by atoms with Crippen LogP contribution in [0.3, 0.4) is 0 Å². The Morgan fingerprint density at radius 2 is 2.14 bits per heavy atom. The third kappa shape index (κ3) is 2.24. The van der Waals surface area contributed by atoms with Gasteiger partial charge in [-0.25, -0.2) is 9.18 Å². The zero-order valence-electron chi connectivity index (χ0n) is 11.6. The summed E-state index contributed by atoms with van der Waals surface area (Å²) in [7, 11) is 0. The SMILES string of the molecule is CC(C)c1cc2onc(N3CCC(=O)NC3=O)c2cc1F. The molecule has 1 N–H and O–H groups in total. The first-order valence-corrected chi connectivity index (χ1v) is 6.67. The molecule has 2 heterocycles. The third-order valence-electron chi connectivity index (χ3n) is 3.50. The van der Waals surface area contributed by atoms with Crippen molar-refractivity contribution in [3.05, 3.63) is 23.5 Å². The largest absolute Gasteiger partial charge is 0.354 e. The molecule has 0 spiro atoms. The summed E-state index contributed by atoms with van der Waals surface area (Å²) in [5, 5.41) is 6.47. The van der Waals surface area contributed by atoms with Crippen molar-refractivity contribution in [3.8, 4) is 0 Å². The van der Waals surface area contributed by atoms with E-state index >= 15 is 0 Å². The van der Waals surface area contributed by atoms with Crippen molar-refractivity contribution in [3.63, 3.8) is 0 Å². The lowest BCUT2D eigenvalue weighted by Gasteiger charge is -2.24. The minimum atomic E-state index is -0.574. The van der Waals surface area contributed by atoms with Gasteiger partial charge in [-0.15, -0.1) is 0 Å². The molecular formula is C14H14FN3O3. The fourth-order valence-electron chi connectivity index (χ4n) is 2.36. The summed E-state index contributed by atoms with van der Waals surface area (Å²) in [6.07, 6.45) is 0.173. The van der Waals surface area contributed by atoms with Crippen LogP contribution in [0.1, 0.15) is 31.7 Å². The lowest BCUT2D eigenvalue weighted by molar-refractivity contribution is -0.120. The molecule has 1 fully saturated rings. The van der Waals surface area contributed by atoms with Crippen molar-refractivity contribution >= 4 is 28.7 Å². The fraction of sp³-hybridized carbons (Fsp3) is 0.357. The van der Waals surface area contributed by atoms with E-state index in [0.29, 0.717) is 16.5 Å². The Hall–Kier alpha value is -2.44. The number of aromatic nitrogens is 1. The topological polar surface area (TPSA) is 75.4 Å². The van der Waals surface area contributed by atoms with Crippen molar-refractivity contribution in [1.29, 1.82) is 0 Å². The Bertz CT molecular complexity index is 738. The number of rotatable bonds is 2. The van der Waals surface area contributed by atoms with Crippen LogP contribution in [0, 0.1) is 5.82 Å². The molecule has 1 aliphatic heterocycles. The molecule has 3 amide bonds. The number of carbonyl (C=O) groups is 2. The van der Waals surface area contributed by atoms with E-state index in [1.807, 2.05) is 13.8 Å². The number of fused-ring (bicyclic) bond motifs is 1. The van der Waals surface area contributed by atoms with Gasteiger partial charge < -0.3 is 4.52 Å². The fourth-order valence-corrected chi connectivity index (χ4v) is 2.36. The number of anilines is 1. The Balaban J connectivity index is 2.06. The normalized spacial score (nSPS) is 15.9. The summed E-state index contributed by atoms with van der Waals surface area (Å²) in [4.78, 5) is 24.3. The average Bonchev–Trinajstić information content (AvgIpc) is 2.80. The van der Waals surface area contributed by atoms with E-state index in [4.69, 9.17) is 4.52 Å². The standard InChI is InChI=1S/C14H14FN3O3/c1-7(2)8-6-11-9(5-10(8)15)13(17-21-11)18-4-3-12(19)16-14(18)20/h5-7H,3-4H2,1-2H3,(H,16,19,20). The highest BCUT2D eigenvalue weighted by molar-refractivity contribution is 6.08. The first-order valence-electron chi connectivity index (χ1n) is 6.67. The zero-order valence-corrected chi connectivity index (χ0v) is 11.6. The lowest BCUT2D eigenvalue weighted by atomic mass is 10.0. The summed E-state index contributed by atoms with van der Waals surface area (Å²) in [6, 6.07) is 2.34. The van der Waals surface area contributed by atoms with Gasteiger partial charge in [0, 0.05) is 13.0 Å². The highest BCUT2D eigenvalue weighted by Gasteiger charge is 2.28. The molecule has 0 unspecified atom stereocenters. The maximum atomic E-state index is 14.1. The second-order valence-corrected chi connectivity index (χ2v) is 5.29. The third-order valence-corrected chi connectivity index (χ3v) is 3.50. The number of carbonyl (C=O) groups excluding carboxylic acids is 2. The highest BCUT2D eigenvalue weighted by Crippen LogP contribution is 2.31. The average molecular weight is 291 g/mol. The minimum absolute atomic E-state index is 0.0128. The van der Waals surface area contributed by atoms with Gasteiger partial charge in [0.15, 0.2) is 11.4 Å². The van der Waals surface area contributed by atoms with E-state index in [-0.39, 0.29) is 36.4 Å². The van der Waals surface area contributed by atoms with Gasteiger partial charge in [-0.3, -0.25) is 15.0 Å². The van der Waals surface area contributed by atoms with Crippen LogP contribution in [0.4, 0.5) is 15.0 Å². The van der Waals surface area contributed by atoms with E-state index in [1.54, 1.807) is 6.07 Å². The Morgan fingerprint density at radius 1 is 1.38 bits per heavy atom. The van der Waals surface area contributed by atoms with Gasteiger partial charge in [-0.05, 0) is 23.6 Å². The van der Waals surface area contributed by atoms with Crippen LogP contribution >= 0.6 is 0 Å². The van der Waals surface area contributed by atoms with E-state index in [9.17, 15) is 14.0 Å². The van der Waals surface area contributed by atoms with Crippen LogP contribution < -0.4 is 10.2 Å². The lowest BCUT2D eigenvalue weighted by Crippen LogP contribution is -2.49. The molecule has 0 saturated carbocycles. The molecule has 0 aliphatic carbocycles. The Morgan fingerprint density at radius 3 is 2.81 bits per heavy atom. The summed E-state index contributed by atoms with van der Waals surface area (Å²) in [5.41, 5.74) is 0.947. The van der Waals surface area contributed by atoms with Crippen LogP contribution in [-0.4, -0.2) is 23.6 Å². The Kier molecular flexibility index (Phi) is 3.12. The zero-order chi connectivity index (χ0) is 15.1. The van der Waals surface area contributed by atoms with Gasteiger partial charge in [0.05, 0.1) is 5.39 Å². The monoisotopic (exact) mass is 291 g/mol. The maximum Gasteiger partial charge on any atom is 0.329 e. The minimum Gasteiger partial charge on any atom is -0.354 e. The van der Waals surface area contributed by atoms with Gasteiger partial charge in [0.2, 0.25) is 5.91 Å². The van der Waals surface area contributed by atoms with Crippen molar-refractivity contribution in [2.24, 2.45) is 0 Å². The first kappa shape index (κ1) is 13.5. The maximum absolute atomic E-state index is 14.1. The molecule has 0 bridgehead atoms. The number of benzene rings is 1. The second kappa shape index (κ2) is 4.83. The molecule has 3 rings (SSSR count). The van der Waals surface area contributed by atoms with Crippen LogP contribution in [0.15, 0.2) is 16.7 Å². The molecule has 21 heavy (non-hydrogen) atoms. The smallest absolute Gasteiger partial charge is 0.329 e. The van der Waals surface area contributed by atoms with Gasteiger partial charge in [0.25, 0.3) is 0 Å². The molecule has 2 aromatic rings. The number of imide groups is 1. The van der Waals surface area contributed by atoms with Crippen molar-refractivity contribution in [2.75, 3.05) is 11.4 Å². The van der Waals surface area contributed by atoms with Crippen LogP contribution in [0.2, 0.25) is 0 Å². The van der Waals surface area contributed by atoms with Crippen LogP contribution in [0.25, 0.3) is 11.0 Å². The predicted octanol–water partition coefficient (Wildman–Crippen LogP) is 2.54. The van der Waals surface area contributed by atoms with Crippen LogP contribution in [-0.2, 0) is 4.79 Å². The van der Waals surface area contributed by atoms with Crippen molar-refractivity contribution in [2.45, 2.75) is 26.2 Å². The summed E-state index contributed by atoms with van der Waals surface area (Å²) >= 11 is 0. The molecule has 1 aromatic heterocycles. The van der Waals surface area contributed by atoms with Gasteiger partial charge in [-0.2, -0.15) is 0 Å². The van der Waals surface area contributed by atoms with Crippen molar-refractivity contribution in [1.82, 2.24) is 10.5 Å². The molecule has 1 saturated heterocycles. The quantitative estimate of drug-likeness (QED) is 0.922. The highest BCUT2D eigenvalue weighted by atomic mass is 19.1. The molecule has 1 aromatic carbocycles. The van der Waals surface area contributed by atoms with Gasteiger partial charge in [-0.1, -0.05) is 19.0 Å². The van der Waals surface area contributed by atoms with Gasteiger partial charge in [0.1, 0.15) is 5.82 Å². The number of urea groups is 1. The number of amides is 3. The van der Waals surface area contributed by atoms with E-state index in [0.717, 1.165) is 0 Å². The molecular weight excluding hydrogens is 277 g/mol. The van der Waals surface area contributed by atoms with Gasteiger partial charge >= 0.3 is 6.03 Å². The second-order valence-electron chi connectivity index (χ2n) is 5.29. The molecule has 6 nitrogen and oxygen atoms in total. The summed E-state index contributed by atoms with van der Waals surface area (Å²) in [6.45, 7) is 3.95. The summed E-state index contributed by atoms with van der Waals surface area (Å²) in [5.74, 6) is -0.462. The first-order chi connectivity index (χ1) is 9.97. The van der Waals surface area contributed by atoms with E-state index < -0.39 is 6.03 Å². The Labute approximate surface area is 119 Å². The van der Waals surface area contributed by atoms with Crippen LogP contribution in [0.5, 0.6) is 0 Å². The number of hydrogen-bond donors (Lipinski definition) is 1. The number of hydrogen-bond acceptors (Lipinski definition) is 4. The van der Waals surface area contributed by atoms with Crippen molar-refractivity contribution < 1.29 is 18.5 Å². The molecule has 0 radical (unpaired) electrons. The number of nitrogens with zero attached hydrogens (tertiary/aromatic N) is 2. The predicted molar refractivity (Wildman–Crippen MR) is 73.6 cm³/mol. The molecule has 7 heteroatoms.